The number of nitrogens with zero attached hydrogens (tertiary/aromatic N) is 3. The summed E-state index contributed by atoms with van der Waals surface area (Å²) in [4.78, 5) is 0. The lowest BCUT2D eigenvalue weighted by Gasteiger charge is -2.03. The number of aromatic amines is 1. The molecule has 2 rings (SSSR count). The van der Waals surface area contributed by atoms with Crippen LogP contribution in [0.25, 0.3) is 0 Å². The van der Waals surface area contributed by atoms with E-state index in [1.165, 1.54) is 12.1 Å². The number of aromatic nitrogens is 4. The Morgan fingerprint density at radius 1 is 1.25 bits per heavy atom. The van der Waals surface area contributed by atoms with Gasteiger partial charge in [-0.15, -0.1) is 10.2 Å². The topological polar surface area (TPSA) is 66.5 Å². The molecule has 0 aliphatic rings. The van der Waals surface area contributed by atoms with Crippen LogP contribution in [0.15, 0.2) is 18.2 Å². The summed E-state index contributed by atoms with van der Waals surface area (Å²) in [5.41, 5.74) is 0.393. The van der Waals surface area contributed by atoms with Crippen LogP contribution in [-0.4, -0.2) is 20.6 Å². The highest BCUT2D eigenvalue weighted by molar-refractivity contribution is 5.18. The molecule has 0 aliphatic heterocycles. The molecule has 1 heterocycles. The smallest absolute Gasteiger partial charge is 0.188 e. The number of hydrogen-bond acceptors (Lipinski definition) is 4. The zero-order chi connectivity index (χ0) is 11.4. The number of benzene rings is 1. The van der Waals surface area contributed by atoms with E-state index >= 15 is 0 Å². The molecule has 5 nitrogen and oxygen atoms in total. The van der Waals surface area contributed by atoms with E-state index in [0.717, 1.165) is 6.07 Å². The molecular weight excluding hydrogens is 216 g/mol. The monoisotopic (exact) mass is 225 g/mol. The lowest BCUT2D eigenvalue weighted by Crippen LogP contribution is -2.14. The third kappa shape index (κ3) is 2.57. The van der Waals surface area contributed by atoms with E-state index in [1.807, 2.05) is 0 Å². The van der Waals surface area contributed by atoms with E-state index in [4.69, 9.17) is 0 Å². The Balaban J connectivity index is 1.90. The minimum Gasteiger partial charge on any atom is -0.305 e. The molecule has 84 valence electrons. The summed E-state index contributed by atoms with van der Waals surface area (Å²) in [6, 6.07) is 3.47. The number of H-pyrrole nitrogens is 1. The highest BCUT2D eigenvalue weighted by atomic mass is 19.1. The quantitative estimate of drug-likeness (QED) is 0.806. The molecule has 0 saturated carbocycles. The number of hydrogen-bond donors (Lipinski definition) is 2. The molecule has 7 heteroatoms. The van der Waals surface area contributed by atoms with Crippen LogP contribution < -0.4 is 5.32 Å². The van der Waals surface area contributed by atoms with Gasteiger partial charge < -0.3 is 5.32 Å². The average Bonchev–Trinajstić information content (AvgIpc) is 2.74. The van der Waals surface area contributed by atoms with Gasteiger partial charge in [0.2, 0.25) is 0 Å². The Bertz CT molecular complexity index is 457. The van der Waals surface area contributed by atoms with Crippen LogP contribution in [0, 0.1) is 11.6 Å². The fourth-order valence-corrected chi connectivity index (χ4v) is 1.23. The van der Waals surface area contributed by atoms with Gasteiger partial charge in [-0.1, -0.05) is 11.3 Å². The first-order valence-electron chi connectivity index (χ1n) is 4.62. The van der Waals surface area contributed by atoms with E-state index < -0.39 is 11.6 Å². The first kappa shape index (κ1) is 10.6. The average molecular weight is 225 g/mol. The second kappa shape index (κ2) is 4.75. The van der Waals surface area contributed by atoms with Gasteiger partial charge in [-0.2, -0.15) is 5.21 Å². The van der Waals surface area contributed by atoms with Crippen molar-refractivity contribution in [1.29, 1.82) is 0 Å². The van der Waals surface area contributed by atoms with Crippen LogP contribution >= 0.6 is 0 Å². The largest absolute Gasteiger partial charge is 0.305 e. The van der Waals surface area contributed by atoms with Gasteiger partial charge in [-0.3, -0.25) is 0 Å². The molecule has 0 saturated heterocycles. The Morgan fingerprint density at radius 2 is 2.12 bits per heavy atom. The number of nitrogens with one attached hydrogen (secondary N) is 2. The highest BCUT2D eigenvalue weighted by Gasteiger charge is 2.04. The molecule has 0 fully saturated rings. The second-order valence-electron chi connectivity index (χ2n) is 3.17. The maximum atomic E-state index is 13.2. The molecule has 0 atom stereocenters. The Hall–Kier alpha value is -1.89. The van der Waals surface area contributed by atoms with Crippen LogP contribution in [-0.2, 0) is 13.1 Å². The van der Waals surface area contributed by atoms with Crippen molar-refractivity contribution in [3.63, 3.8) is 0 Å². The van der Waals surface area contributed by atoms with Gasteiger partial charge in [0.15, 0.2) is 5.82 Å². The van der Waals surface area contributed by atoms with E-state index in [0.29, 0.717) is 17.9 Å². The predicted octanol–water partition coefficient (Wildman–Crippen LogP) is 0.768. The van der Waals surface area contributed by atoms with E-state index in [9.17, 15) is 8.78 Å². The molecule has 0 aliphatic carbocycles. The minimum atomic E-state index is -0.584. The lowest BCUT2D eigenvalue weighted by molar-refractivity contribution is 0.557. The minimum absolute atomic E-state index is 0.278. The standard InChI is InChI=1S/C9H9F2N5/c10-7-2-1-6(8(11)3-7)4-12-5-9-13-15-16-14-9/h1-3,12H,4-5H2,(H,13,14,15,16). The molecule has 2 aromatic rings. The summed E-state index contributed by atoms with van der Waals surface area (Å²) in [5, 5.41) is 16.0. The maximum absolute atomic E-state index is 13.2. The van der Waals surface area contributed by atoms with Crippen molar-refractivity contribution in [2.24, 2.45) is 0 Å². The Kier molecular flexibility index (Phi) is 3.16. The van der Waals surface area contributed by atoms with Crippen molar-refractivity contribution >= 4 is 0 Å². The summed E-state index contributed by atoms with van der Waals surface area (Å²) in [6.45, 7) is 0.647. The van der Waals surface area contributed by atoms with Gasteiger partial charge in [0, 0.05) is 18.2 Å². The van der Waals surface area contributed by atoms with Crippen molar-refractivity contribution in [3.8, 4) is 0 Å². The Labute approximate surface area is 89.9 Å². The molecule has 16 heavy (non-hydrogen) atoms. The van der Waals surface area contributed by atoms with E-state index in [2.05, 4.69) is 25.9 Å². The summed E-state index contributed by atoms with van der Waals surface area (Å²) < 4.78 is 25.8. The lowest BCUT2D eigenvalue weighted by atomic mass is 10.2. The van der Waals surface area contributed by atoms with Crippen LogP contribution in [0.5, 0.6) is 0 Å². The zero-order valence-corrected chi connectivity index (χ0v) is 8.24. The van der Waals surface area contributed by atoms with Crippen LogP contribution in [0.2, 0.25) is 0 Å². The molecule has 0 bridgehead atoms. The Morgan fingerprint density at radius 3 is 2.81 bits per heavy atom. The number of tetrazole rings is 1. The predicted molar refractivity (Wildman–Crippen MR) is 51.1 cm³/mol. The third-order valence-electron chi connectivity index (χ3n) is 2.00. The number of rotatable bonds is 4. The molecule has 1 aromatic heterocycles. The van der Waals surface area contributed by atoms with Crippen LogP contribution in [0.1, 0.15) is 11.4 Å². The first-order valence-corrected chi connectivity index (χ1v) is 4.62. The van der Waals surface area contributed by atoms with Gasteiger partial charge in [-0.25, -0.2) is 8.78 Å². The van der Waals surface area contributed by atoms with E-state index in [-0.39, 0.29) is 6.54 Å². The summed E-state index contributed by atoms with van der Waals surface area (Å²) in [6.07, 6.45) is 0. The maximum Gasteiger partial charge on any atom is 0.188 e. The van der Waals surface area contributed by atoms with Gasteiger partial charge in [0.05, 0.1) is 6.54 Å². The van der Waals surface area contributed by atoms with Crippen LogP contribution in [0.3, 0.4) is 0 Å². The fourth-order valence-electron chi connectivity index (χ4n) is 1.23. The summed E-state index contributed by atoms with van der Waals surface area (Å²) in [7, 11) is 0. The fraction of sp³-hybridized carbons (Fsp3) is 0.222. The van der Waals surface area contributed by atoms with Crippen molar-refractivity contribution in [2.45, 2.75) is 13.1 Å². The van der Waals surface area contributed by atoms with Gasteiger partial charge in [-0.05, 0) is 6.07 Å². The van der Waals surface area contributed by atoms with Crippen molar-refractivity contribution < 1.29 is 8.78 Å². The second-order valence-corrected chi connectivity index (χ2v) is 3.17. The number of halogens is 2. The molecule has 0 spiro atoms. The van der Waals surface area contributed by atoms with E-state index in [1.54, 1.807) is 0 Å². The molecule has 0 radical (unpaired) electrons. The SMILES string of the molecule is Fc1ccc(CNCc2nn[nH]n2)c(F)c1. The highest BCUT2D eigenvalue weighted by Crippen LogP contribution is 2.08. The zero-order valence-electron chi connectivity index (χ0n) is 8.24. The third-order valence-corrected chi connectivity index (χ3v) is 2.00. The molecule has 0 unspecified atom stereocenters. The summed E-state index contributed by atoms with van der Waals surface area (Å²) in [5.74, 6) is -0.664. The van der Waals surface area contributed by atoms with Crippen molar-refractivity contribution in [2.75, 3.05) is 0 Å². The molecule has 2 N–H and O–H groups in total. The van der Waals surface area contributed by atoms with Crippen LogP contribution in [0.4, 0.5) is 8.78 Å². The molecular formula is C9H9F2N5. The molecule has 0 amide bonds. The normalized spacial score (nSPS) is 10.6. The van der Waals surface area contributed by atoms with Gasteiger partial charge in [0.1, 0.15) is 11.6 Å². The van der Waals surface area contributed by atoms with Crippen molar-refractivity contribution in [3.05, 3.63) is 41.2 Å². The van der Waals surface area contributed by atoms with Gasteiger partial charge >= 0.3 is 0 Å². The van der Waals surface area contributed by atoms with Gasteiger partial charge in [0.25, 0.3) is 0 Å². The molecule has 1 aromatic carbocycles. The van der Waals surface area contributed by atoms with Crippen molar-refractivity contribution in [1.82, 2.24) is 25.9 Å². The summed E-state index contributed by atoms with van der Waals surface area (Å²) >= 11 is 0. The first-order chi connectivity index (χ1) is 7.75.